The molecule has 1 N–H and O–H groups in total. The van der Waals surface area contributed by atoms with Gasteiger partial charge in [-0.2, -0.15) is 0 Å². The average Bonchev–Trinajstić information content (AvgIpc) is 3.16. The van der Waals surface area contributed by atoms with Crippen molar-refractivity contribution >= 4 is 5.91 Å². The van der Waals surface area contributed by atoms with E-state index in [0.29, 0.717) is 29.4 Å². The van der Waals surface area contributed by atoms with Crippen molar-refractivity contribution in [3.63, 3.8) is 0 Å². The number of carbonyl (C=O) groups is 1. The number of nitrogens with one attached hydrogen (secondary N) is 1. The highest BCUT2D eigenvalue weighted by Crippen LogP contribution is 2.63. The first-order chi connectivity index (χ1) is 15.7. The summed E-state index contributed by atoms with van der Waals surface area (Å²) >= 11 is 0. The lowest BCUT2D eigenvalue weighted by Crippen LogP contribution is -2.49. The molecule has 1 spiro atoms. The molecule has 3 aliphatic carbocycles. The van der Waals surface area contributed by atoms with Crippen molar-refractivity contribution < 1.29 is 9.53 Å². The lowest BCUT2D eigenvalue weighted by atomic mass is 9.55. The van der Waals surface area contributed by atoms with Gasteiger partial charge in [-0.3, -0.25) is 4.79 Å². The summed E-state index contributed by atoms with van der Waals surface area (Å²) < 4.78 is 7.11. The van der Waals surface area contributed by atoms with Crippen LogP contribution in [0.5, 0.6) is 0 Å². The molecule has 0 radical (unpaired) electrons. The molecule has 6 aliphatic rings. The number of ether oxygens (including phenoxy) is 1. The number of amides is 1. The standard InChI is InChI=1S/C29H46N2O2/c1-17-12-25-27(31(5)16-17)19(3)29(33-25)11-8-21-22-7-6-20-15-30-26(32)9-10-28(20,4)24(22)13-23(21)18(2)14-29/h17,19-22,24-25,27H,6-16H2,1-5H3,(H,30,32)/t17-,19+,20+,21-,22-,24-,25+,27-,28-,29-/m0/s1. The average molecular weight is 455 g/mol. The summed E-state index contributed by atoms with van der Waals surface area (Å²) in [6.07, 6.45) is 11.1. The number of nitrogens with zero attached hydrogens (tertiary/aromatic N) is 1. The van der Waals surface area contributed by atoms with Crippen LogP contribution in [0.15, 0.2) is 11.1 Å². The molecule has 0 aromatic heterocycles. The molecule has 0 bridgehead atoms. The number of likely N-dealkylation sites (tertiary alicyclic amines) is 1. The smallest absolute Gasteiger partial charge is 0.220 e. The zero-order chi connectivity index (χ0) is 23.1. The fourth-order valence-electron chi connectivity index (χ4n) is 10.1. The highest BCUT2D eigenvalue weighted by atomic mass is 16.5. The molecule has 4 nitrogen and oxygen atoms in total. The Kier molecular flexibility index (Phi) is 5.35. The van der Waals surface area contributed by atoms with Gasteiger partial charge in [0.05, 0.1) is 11.7 Å². The van der Waals surface area contributed by atoms with Crippen molar-refractivity contribution in [2.45, 2.75) is 103 Å². The SMILES string of the molecule is CC1=C2C[C@H]3[C@@H](CC[C@@H]4CNC(=O)CC[C@@]43C)[C@@H]2CC[C@@]2(C1)O[C@@H]1C[C@H](C)CN(C)[C@H]1[C@H]2C. The summed E-state index contributed by atoms with van der Waals surface area (Å²) in [5.41, 5.74) is 3.84. The van der Waals surface area contributed by atoms with Gasteiger partial charge >= 0.3 is 0 Å². The molecule has 0 unspecified atom stereocenters. The quantitative estimate of drug-likeness (QED) is 0.513. The third kappa shape index (κ3) is 3.33. The molecule has 6 rings (SSSR count). The summed E-state index contributed by atoms with van der Waals surface area (Å²) in [6.45, 7) is 12.0. The Morgan fingerprint density at radius 3 is 2.79 bits per heavy atom. The van der Waals surface area contributed by atoms with E-state index in [1.54, 1.807) is 11.1 Å². The molecule has 3 saturated heterocycles. The predicted octanol–water partition coefficient (Wildman–Crippen LogP) is 5.18. The number of likely N-dealkylation sites (N-methyl/N-ethyl adjacent to an activating group) is 1. The minimum absolute atomic E-state index is 0.0460. The van der Waals surface area contributed by atoms with Crippen LogP contribution in [0.25, 0.3) is 0 Å². The molecule has 3 aliphatic heterocycles. The summed E-state index contributed by atoms with van der Waals surface area (Å²) in [5, 5.41) is 3.23. The number of hydrogen-bond donors (Lipinski definition) is 1. The van der Waals surface area contributed by atoms with Crippen LogP contribution < -0.4 is 5.32 Å². The molecule has 184 valence electrons. The van der Waals surface area contributed by atoms with Crippen LogP contribution in [-0.2, 0) is 9.53 Å². The van der Waals surface area contributed by atoms with E-state index in [0.717, 1.165) is 49.5 Å². The minimum atomic E-state index is 0.0460. The maximum Gasteiger partial charge on any atom is 0.220 e. The molecular weight excluding hydrogens is 408 g/mol. The molecule has 5 fully saturated rings. The van der Waals surface area contributed by atoms with Gasteiger partial charge in [0.25, 0.3) is 0 Å². The second-order valence-electron chi connectivity index (χ2n) is 13.5. The zero-order valence-corrected chi connectivity index (χ0v) is 21.7. The minimum Gasteiger partial charge on any atom is -0.369 e. The van der Waals surface area contributed by atoms with E-state index in [1.165, 1.54) is 45.1 Å². The summed E-state index contributed by atoms with van der Waals surface area (Å²) in [4.78, 5) is 14.8. The summed E-state index contributed by atoms with van der Waals surface area (Å²) in [6, 6.07) is 0.593. The lowest BCUT2D eigenvalue weighted by Gasteiger charge is -2.49. The number of fused-ring (bicyclic) bond motifs is 6. The van der Waals surface area contributed by atoms with Crippen molar-refractivity contribution in [1.82, 2.24) is 10.2 Å². The Bertz CT molecular complexity index is 853. The molecule has 10 atom stereocenters. The van der Waals surface area contributed by atoms with Crippen LogP contribution in [0.1, 0.15) is 85.5 Å². The van der Waals surface area contributed by atoms with Crippen LogP contribution >= 0.6 is 0 Å². The topological polar surface area (TPSA) is 41.6 Å². The Morgan fingerprint density at radius 1 is 1.15 bits per heavy atom. The van der Waals surface area contributed by atoms with E-state index < -0.39 is 0 Å². The first-order valence-corrected chi connectivity index (χ1v) is 14.0. The van der Waals surface area contributed by atoms with Crippen molar-refractivity contribution in [2.24, 2.45) is 40.9 Å². The number of hydrogen-bond acceptors (Lipinski definition) is 3. The van der Waals surface area contributed by atoms with Gasteiger partial charge in [-0.1, -0.05) is 31.9 Å². The van der Waals surface area contributed by atoms with E-state index in [-0.39, 0.29) is 11.5 Å². The molecule has 2 saturated carbocycles. The third-order valence-corrected chi connectivity index (χ3v) is 11.8. The molecule has 3 heterocycles. The number of piperidine rings is 1. The molecular formula is C29H46N2O2. The van der Waals surface area contributed by atoms with Gasteiger partial charge in [0.15, 0.2) is 0 Å². The Morgan fingerprint density at radius 2 is 1.97 bits per heavy atom. The van der Waals surface area contributed by atoms with Crippen LogP contribution in [0.2, 0.25) is 0 Å². The van der Waals surface area contributed by atoms with E-state index in [1.807, 2.05) is 0 Å². The van der Waals surface area contributed by atoms with Gasteiger partial charge in [-0.05, 0) is 100 Å². The van der Waals surface area contributed by atoms with Crippen LogP contribution in [-0.4, -0.2) is 48.7 Å². The Hall–Kier alpha value is -0.870. The first-order valence-electron chi connectivity index (χ1n) is 14.0. The summed E-state index contributed by atoms with van der Waals surface area (Å²) in [5.74, 6) is 4.64. The Balaban J connectivity index is 1.28. The van der Waals surface area contributed by atoms with Gasteiger partial charge in [0, 0.05) is 31.5 Å². The second-order valence-corrected chi connectivity index (χ2v) is 13.5. The van der Waals surface area contributed by atoms with E-state index in [4.69, 9.17) is 4.74 Å². The van der Waals surface area contributed by atoms with Crippen molar-refractivity contribution in [3.05, 3.63) is 11.1 Å². The van der Waals surface area contributed by atoms with Crippen LogP contribution in [0.3, 0.4) is 0 Å². The van der Waals surface area contributed by atoms with Crippen molar-refractivity contribution in [2.75, 3.05) is 20.1 Å². The first kappa shape index (κ1) is 22.6. The fraction of sp³-hybridized carbons (Fsp3) is 0.897. The van der Waals surface area contributed by atoms with E-state index in [9.17, 15) is 4.79 Å². The molecule has 33 heavy (non-hydrogen) atoms. The van der Waals surface area contributed by atoms with Gasteiger partial charge in [-0.25, -0.2) is 0 Å². The van der Waals surface area contributed by atoms with E-state index in [2.05, 4.69) is 45.0 Å². The number of allylic oxidation sites excluding steroid dienone is 1. The highest BCUT2D eigenvalue weighted by Gasteiger charge is 2.59. The van der Waals surface area contributed by atoms with Crippen molar-refractivity contribution in [1.29, 1.82) is 0 Å². The fourth-order valence-corrected chi connectivity index (χ4v) is 10.1. The van der Waals surface area contributed by atoms with Crippen LogP contribution in [0, 0.1) is 40.9 Å². The number of carbonyl (C=O) groups excluding carboxylic acids is 1. The lowest BCUT2D eigenvalue weighted by molar-refractivity contribution is -0.121. The molecule has 1 amide bonds. The van der Waals surface area contributed by atoms with Gasteiger partial charge in [0.2, 0.25) is 5.91 Å². The third-order valence-electron chi connectivity index (χ3n) is 11.8. The van der Waals surface area contributed by atoms with Gasteiger partial charge in [0.1, 0.15) is 0 Å². The molecule has 0 aromatic rings. The normalized spacial score (nSPS) is 52.5. The maximum atomic E-state index is 12.2. The largest absolute Gasteiger partial charge is 0.369 e. The second kappa shape index (κ2) is 7.82. The predicted molar refractivity (Wildman–Crippen MR) is 132 cm³/mol. The van der Waals surface area contributed by atoms with Gasteiger partial charge < -0.3 is 15.0 Å². The highest BCUT2D eigenvalue weighted by molar-refractivity contribution is 5.76. The van der Waals surface area contributed by atoms with Gasteiger partial charge in [-0.15, -0.1) is 0 Å². The molecule has 4 heteroatoms. The maximum absolute atomic E-state index is 12.2. The summed E-state index contributed by atoms with van der Waals surface area (Å²) in [7, 11) is 2.33. The van der Waals surface area contributed by atoms with E-state index >= 15 is 0 Å². The number of rotatable bonds is 0. The Labute approximate surface area is 201 Å². The molecule has 0 aromatic carbocycles. The monoisotopic (exact) mass is 454 g/mol. The van der Waals surface area contributed by atoms with Crippen LogP contribution in [0.4, 0.5) is 0 Å². The van der Waals surface area contributed by atoms with Crippen molar-refractivity contribution in [3.8, 4) is 0 Å². The zero-order valence-electron chi connectivity index (χ0n) is 21.7.